The Kier molecular flexibility index (Phi) is 5.36. The molecule has 2 aromatic heterocycles. The highest BCUT2D eigenvalue weighted by molar-refractivity contribution is 5.45. The van der Waals surface area contributed by atoms with Crippen LogP contribution < -0.4 is 9.64 Å². The van der Waals surface area contributed by atoms with Gasteiger partial charge in [0.25, 0.3) is 0 Å². The molecule has 1 aliphatic rings. The molecule has 136 valence electrons. The van der Waals surface area contributed by atoms with Gasteiger partial charge in [0.2, 0.25) is 5.88 Å². The second kappa shape index (κ2) is 7.69. The Morgan fingerprint density at radius 3 is 2.58 bits per heavy atom. The number of nitrogens with zero attached hydrogens (tertiary/aromatic N) is 5. The van der Waals surface area contributed by atoms with Crippen molar-refractivity contribution in [2.45, 2.75) is 39.0 Å². The van der Waals surface area contributed by atoms with Crippen LogP contribution >= 0.6 is 0 Å². The van der Waals surface area contributed by atoms with Gasteiger partial charge in [-0.1, -0.05) is 20.8 Å². The van der Waals surface area contributed by atoms with Crippen molar-refractivity contribution >= 4 is 5.82 Å². The van der Waals surface area contributed by atoms with Crippen LogP contribution in [-0.4, -0.2) is 34.9 Å². The highest BCUT2D eigenvalue weighted by Crippen LogP contribution is 2.24. The van der Waals surface area contributed by atoms with E-state index in [-0.39, 0.29) is 5.41 Å². The van der Waals surface area contributed by atoms with Gasteiger partial charge in [0.1, 0.15) is 5.82 Å². The number of nitriles is 1. The van der Waals surface area contributed by atoms with Crippen LogP contribution in [0.5, 0.6) is 5.88 Å². The summed E-state index contributed by atoms with van der Waals surface area (Å²) in [6.07, 6.45) is 3.76. The van der Waals surface area contributed by atoms with Crippen molar-refractivity contribution in [1.29, 1.82) is 5.26 Å². The minimum absolute atomic E-state index is 0.00472. The zero-order valence-electron chi connectivity index (χ0n) is 15.6. The Hall–Kier alpha value is -2.68. The largest absolute Gasteiger partial charge is 0.476 e. The first-order valence-electron chi connectivity index (χ1n) is 9.04. The molecular formula is C20H25N5O. The third-order valence-corrected chi connectivity index (χ3v) is 4.69. The summed E-state index contributed by atoms with van der Waals surface area (Å²) in [4.78, 5) is 6.61. The van der Waals surface area contributed by atoms with E-state index in [1.807, 2.05) is 18.2 Å². The summed E-state index contributed by atoms with van der Waals surface area (Å²) in [7, 11) is 0. The first kappa shape index (κ1) is 18.1. The fraction of sp³-hybridized carbons (Fsp3) is 0.500. The number of hydrogen-bond donors (Lipinski definition) is 0. The zero-order chi connectivity index (χ0) is 18.6. The fourth-order valence-electron chi connectivity index (χ4n) is 2.99. The summed E-state index contributed by atoms with van der Waals surface area (Å²) in [5, 5.41) is 17.5. The molecule has 0 aliphatic carbocycles. The molecule has 0 spiro atoms. The van der Waals surface area contributed by atoms with Crippen molar-refractivity contribution in [3.63, 3.8) is 0 Å². The summed E-state index contributed by atoms with van der Waals surface area (Å²) < 4.78 is 5.84. The van der Waals surface area contributed by atoms with E-state index in [1.54, 1.807) is 12.3 Å². The van der Waals surface area contributed by atoms with Gasteiger partial charge in [-0.15, -0.1) is 5.10 Å². The van der Waals surface area contributed by atoms with Crippen LogP contribution in [0.2, 0.25) is 0 Å². The van der Waals surface area contributed by atoms with Gasteiger partial charge in [0, 0.05) is 30.8 Å². The minimum atomic E-state index is -0.00472. The second-order valence-corrected chi connectivity index (χ2v) is 7.76. The zero-order valence-corrected chi connectivity index (χ0v) is 15.6. The number of rotatable bonds is 4. The lowest BCUT2D eigenvalue weighted by Gasteiger charge is -2.32. The quantitative estimate of drug-likeness (QED) is 0.841. The van der Waals surface area contributed by atoms with Crippen molar-refractivity contribution < 1.29 is 4.74 Å². The topological polar surface area (TPSA) is 74.9 Å². The van der Waals surface area contributed by atoms with Crippen LogP contribution in [0, 0.1) is 17.2 Å². The molecule has 2 aromatic rings. The van der Waals surface area contributed by atoms with E-state index < -0.39 is 0 Å². The Bertz CT molecular complexity index is 768. The number of anilines is 1. The van der Waals surface area contributed by atoms with E-state index in [1.165, 1.54) is 0 Å². The maximum Gasteiger partial charge on any atom is 0.233 e. The van der Waals surface area contributed by atoms with Crippen molar-refractivity contribution in [1.82, 2.24) is 15.2 Å². The van der Waals surface area contributed by atoms with Crippen LogP contribution in [0.1, 0.15) is 44.9 Å². The van der Waals surface area contributed by atoms with Gasteiger partial charge < -0.3 is 9.64 Å². The molecule has 26 heavy (non-hydrogen) atoms. The second-order valence-electron chi connectivity index (χ2n) is 7.76. The molecular weight excluding hydrogens is 326 g/mol. The molecule has 3 rings (SSSR count). The predicted molar refractivity (Wildman–Crippen MR) is 100 cm³/mol. The van der Waals surface area contributed by atoms with Crippen molar-refractivity contribution in [2.24, 2.45) is 5.92 Å². The van der Waals surface area contributed by atoms with E-state index in [2.05, 4.69) is 46.9 Å². The molecule has 6 nitrogen and oxygen atoms in total. The lowest BCUT2D eigenvalue weighted by Crippen LogP contribution is -2.36. The monoisotopic (exact) mass is 351 g/mol. The van der Waals surface area contributed by atoms with Gasteiger partial charge in [0.05, 0.1) is 23.9 Å². The van der Waals surface area contributed by atoms with Gasteiger partial charge in [-0.25, -0.2) is 4.98 Å². The highest BCUT2D eigenvalue weighted by atomic mass is 16.5. The van der Waals surface area contributed by atoms with Crippen molar-refractivity contribution in [3.05, 3.63) is 41.7 Å². The maximum atomic E-state index is 9.02. The molecule has 3 heterocycles. The van der Waals surface area contributed by atoms with Crippen molar-refractivity contribution in [3.8, 4) is 11.9 Å². The number of aromatic nitrogens is 3. The summed E-state index contributed by atoms with van der Waals surface area (Å²) in [5.74, 6) is 1.96. The highest BCUT2D eigenvalue weighted by Gasteiger charge is 2.21. The first-order chi connectivity index (χ1) is 12.5. The van der Waals surface area contributed by atoms with E-state index in [4.69, 9.17) is 10.00 Å². The molecule has 0 aromatic carbocycles. The molecule has 0 N–H and O–H groups in total. The summed E-state index contributed by atoms with van der Waals surface area (Å²) in [6.45, 7) is 8.85. The molecule has 0 radical (unpaired) electrons. The Morgan fingerprint density at radius 1 is 1.19 bits per heavy atom. The number of piperidine rings is 1. The van der Waals surface area contributed by atoms with E-state index in [0.29, 0.717) is 24.0 Å². The van der Waals surface area contributed by atoms with Crippen LogP contribution in [0.15, 0.2) is 30.5 Å². The van der Waals surface area contributed by atoms with Gasteiger partial charge in [-0.2, -0.15) is 10.4 Å². The van der Waals surface area contributed by atoms with Crippen molar-refractivity contribution in [2.75, 3.05) is 24.6 Å². The van der Waals surface area contributed by atoms with Gasteiger partial charge in [-0.3, -0.25) is 0 Å². The summed E-state index contributed by atoms with van der Waals surface area (Å²) >= 11 is 0. The van der Waals surface area contributed by atoms with Gasteiger partial charge >= 0.3 is 0 Å². The van der Waals surface area contributed by atoms with Crippen LogP contribution in [0.4, 0.5) is 5.82 Å². The maximum absolute atomic E-state index is 9.02. The normalized spacial score (nSPS) is 15.5. The average molecular weight is 351 g/mol. The first-order valence-corrected chi connectivity index (χ1v) is 9.04. The fourth-order valence-corrected chi connectivity index (χ4v) is 2.99. The van der Waals surface area contributed by atoms with E-state index in [0.717, 1.165) is 37.4 Å². The number of pyridine rings is 1. The summed E-state index contributed by atoms with van der Waals surface area (Å²) in [6, 6.07) is 9.64. The molecule has 0 unspecified atom stereocenters. The van der Waals surface area contributed by atoms with Crippen LogP contribution in [0.25, 0.3) is 0 Å². The Balaban J connectivity index is 1.49. The molecule has 0 amide bonds. The standard InChI is InChI=1S/C20H25N5O/c1-20(2,3)17-4-5-19(24-23-17)26-14-15-7-10-25(11-8-15)18-12-16(13-21)6-9-22-18/h4-6,9,12,15H,7-8,10-11,14H2,1-3H3. The third kappa shape index (κ3) is 4.48. The predicted octanol–water partition coefficient (Wildman–Crippen LogP) is 3.34. The molecule has 1 saturated heterocycles. The Morgan fingerprint density at radius 2 is 1.96 bits per heavy atom. The molecule has 0 atom stereocenters. The lowest BCUT2D eigenvalue weighted by atomic mass is 9.92. The van der Waals surface area contributed by atoms with E-state index in [9.17, 15) is 0 Å². The molecule has 0 saturated carbocycles. The minimum Gasteiger partial charge on any atom is -0.476 e. The molecule has 0 bridgehead atoms. The van der Waals surface area contributed by atoms with Crippen LogP contribution in [0.3, 0.4) is 0 Å². The smallest absolute Gasteiger partial charge is 0.233 e. The van der Waals surface area contributed by atoms with Gasteiger partial charge in [-0.05, 0) is 37.0 Å². The molecule has 6 heteroatoms. The summed E-state index contributed by atoms with van der Waals surface area (Å²) in [5.41, 5.74) is 1.61. The molecule has 1 fully saturated rings. The Labute approximate surface area is 154 Å². The molecule has 1 aliphatic heterocycles. The lowest BCUT2D eigenvalue weighted by molar-refractivity contribution is 0.213. The number of hydrogen-bond acceptors (Lipinski definition) is 6. The average Bonchev–Trinajstić information content (AvgIpc) is 2.66. The van der Waals surface area contributed by atoms with Gasteiger partial charge in [0.15, 0.2) is 0 Å². The van der Waals surface area contributed by atoms with Crippen LogP contribution in [-0.2, 0) is 5.41 Å². The number of ether oxygens (including phenoxy) is 1. The SMILES string of the molecule is CC(C)(C)c1ccc(OCC2CCN(c3cc(C#N)ccn3)CC2)nn1. The third-order valence-electron chi connectivity index (χ3n) is 4.69. The van der Waals surface area contributed by atoms with E-state index >= 15 is 0 Å².